The van der Waals surface area contributed by atoms with Crippen LogP contribution < -0.4 is 14.8 Å². The van der Waals surface area contributed by atoms with E-state index in [1.54, 1.807) is 60.7 Å². The summed E-state index contributed by atoms with van der Waals surface area (Å²) in [5.74, 6) is 0.642. The number of hydrogen-bond acceptors (Lipinski definition) is 6. The maximum absolute atomic E-state index is 13.2. The second-order valence-corrected chi connectivity index (χ2v) is 8.35. The van der Waals surface area contributed by atoms with Crippen molar-refractivity contribution in [1.29, 1.82) is 0 Å². The maximum atomic E-state index is 13.2. The fraction of sp³-hybridized carbons (Fsp3) is 0.111. The number of furan rings is 2. The van der Waals surface area contributed by atoms with Crippen LogP contribution in [0.25, 0.3) is 21.9 Å². The van der Waals surface area contributed by atoms with Gasteiger partial charge in [0.05, 0.1) is 14.2 Å². The molecule has 1 amide bonds. The number of carbonyl (C=O) groups is 2. The zero-order chi connectivity index (χ0) is 24.7. The van der Waals surface area contributed by atoms with Crippen LogP contribution in [0.2, 0.25) is 5.02 Å². The van der Waals surface area contributed by atoms with E-state index >= 15 is 0 Å². The molecule has 176 valence electrons. The molecule has 1 N–H and O–H groups in total. The van der Waals surface area contributed by atoms with Crippen molar-refractivity contribution in [3.8, 4) is 11.5 Å². The highest BCUT2D eigenvalue weighted by Gasteiger charge is 2.21. The van der Waals surface area contributed by atoms with Crippen LogP contribution >= 0.6 is 11.6 Å². The Morgan fingerprint density at radius 3 is 2.43 bits per heavy atom. The molecule has 7 nitrogen and oxygen atoms in total. The van der Waals surface area contributed by atoms with Crippen LogP contribution in [0.3, 0.4) is 0 Å². The summed E-state index contributed by atoms with van der Waals surface area (Å²) in [6, 6.07) is 16.9. The minimum absolute atomic E-state index is 0.155. The number of benzene rings is 3. The smallest absolute Gasteiger partial charge is 0.291 e. The van der Waals surface area contributed by atoms with Crippen molar-refractivity contribution < 1.29 is 27.9 Å². The number of methoxy groups -OCH3 is 2. The second kappa shape index (κ2) is 8.85. The van der Waals surface area contributed by atoms with Crippen LogP contribution in [0, 0.1) is 6.92 Å². The molecule has 35 heavy (non-hydrogen) atoms. The van der Waals surface area contributed by atoms with Gasteiger partial charge < -0.3 is 23.6 Å². The van der Waals surface area contributed by atoms with E-state index in [2.05, 4.69) is 5.32 Å². The first-order valence-electron chi connectivity index (χ1n) is 10.7. The molecule has 0 aliphatic carbocycles. The summed E-state index contributed by atoms with van der Waals surface area (Å²) in [6.45, 7) is 1.82. The standard InChI is InChI=1S/C27H20ClNO6/c1-14-19-7-6-18(29-27(31)24-12-16-10-17(28)5-9-20(16)34-24)13-22(19)35-26(14)25(30)15-4-8-21(32-2)23(11-15)33-3/h4-13H,1-3H3,(H,29,31). The van der Waals surface area contributed by atoms with Gasteiger partial charge in [-0.2, -0.15) is 0 Å². The Hall–Kier alpha value is -4.23. The zero-order valence-electron chi connectivity index (χ0n) is 19.1. The molecule has 0 spiro atoms. The van der Waals surface area contributed by atoms with E-state index in [0.29, 0.717) is 44.5 Å². The Kier molecular flexibility index (Phi) is 5.70. The van der Waals surface area contributed by atoms with Crippen molar-refractivity contribution in [3.63, 3.8) is 0 Å². The van der Waals surface area contributed by atoms with E-state index in [4.69, 9.17) is 29.9 Å². The van der Waals surface area contributed by atoms with Crippen LogP contribution in [-0.4, -0.2) is 25.9 Å². The van der Waals surface area contributed by atoms with E-state index in [1.807, 2.05) is 6.92 Å². The molecular weight excluding hydrogens is 470 g/mol. The molecule has 2 aromatic heterocycles. The number of amides is 1. The number of aryl methyl sites for hydroxylation is 1. The van der Waals surface area contributed by atoms with Crippen LogP contribution in [-0.2, 0) is 0 Å². The number of ketones is 1. The Morgan fingerprint density at radius 1 is 0.857 bits per heavy atom. The van der Waals surface area contributed by atoms with Crippen molar-refractivity contribution >= 4 is 50.9 Å². The third kappa shape index (κ3) is 4.11. The van der Waals surface area contributed by atoms with Gasteiger partial charge in [-0.3, -0.25) is 9.59 Å². The van der Waals surface area contributed by atoms with Gasteiger partial charge in [0.25, 0.3) is 5.91 Å². The van der Waals surface area contributed by atoms with Crippen molar-refractivity contribution in [2.45, 2.75) is 6.92 Å². The predicted molar refractivity (Wildman–Crippen MR) is 133 cm³/mol. The lowest BCUT2D eigenvalue weighted by molar-refractivity contribution is 0.0995. The SMILES string of the molecule is COc1ccc(C(=O)c2oc3cc(NC(=O)c4cc5cc(Cl)ccc5o4)ccc3c2C)cc1OC. The Bertz CT molecular complexity index is 1610. The van der Waals surface area contributed by atoms with Crippen molar-refractivity contribution in [2.24, 2.45) is 0 Å². The number of anilines is 1. The van der Waals surface area contributed by atoms with E-state index in [1.165, 1.54) is 14.2 Å². The molecule has 0 radical (unpaired) electrons. The molecule has 0 aliphatic rings. The number of carbonyl (C=O) groups excluding carboxylic acids is 2. The predicted octanol–water partition coefficient (Wildman–Crippen LogP) is 6.64. The number of nitrogens with one attached hydrogen (secondary N) is 1. The van der Waals surface area contributed by atoms with Gasteiger partial charge in [0.2, 0.25) is 5.78 Å². The number of fused-ring (bicyclic) bond motifs is 2. The van der Waals surface area contributed by atoms with E-state index in [0.717, 1.165) is 10.8 Å². The lowest BCUT2D eigenvalue weighted by atomic mass is 10.0. The Balaban J connectivity index is 1.43. The fourth-order valence-electron chi connectivity index (χ4n) is 3.95. The lowest BCUT2D eigenvalue weighted by Gasteiger charge is -2.08. The number of rotatable bonds is 6. The molecule has 0 unspecified atom stereocenters. The fourth-order valence-corrected chi connectivity index (χ4v) is 4.13. The molecule has 0 aliphatic heterocycles. The van der Waals surface area contributed by atoms with Gasteiger partial charge in [0, 0.05) is 38.7 Å². The second-order valence-electron chi connectivity index (χ2n) is 7.91. The first-order valence-corrected chi connectivity index (χ1v) is 11.1. The van der Waals surface area contributed by atoms with Gasteiger partial charge in [-0.25, -0.2) is 0 Å². The topological polar surface area (TPSA) is 90.9 Å². The van der Waals surface area contributed by atoms with Crippen LogP contribution in [0.5, 0.6) is 11.5 Å². The zero-order valence-corrected chi connectivity index (χ0v) is 19.9. The molecule has 0 fully saturated rings. The normalized spacial score (nSPS) is 11.1. The van der Waals surface area contributed by atoms with Gasteiger partial charge >= 0.3 is 0 Å². The largest absolute Gasteiger partial charge is 0.493 e. The molecular formula is C27H20ClNO6. The first-order chi connectivity index (χ1) is 16.9. The van der Waals surface area contributed by atoms with Gasteiger partial charge in [0.1, 0.15) is 11.2 Å². The maximum Gasteiger partial charge on any atom is 0.291 e. The summed E-state index contributed by atoms with van der Waals surface area (Å²) in [7, 11) is 3.04. The molecule has 5 rings (SSSR count). The Labute approximate surface area is 205 Å². The number of hydrogen-bond donors (Lipinski definition) is 1. The molecule has 0 saturated heterocycles. The van der Waals surface area contributed by atoms with E-state index in [-0.39, 0.29) is 17.3 Å². The average molecular weight is 490 g/mol. The highest BCUT2D eigenvalue weighted by molar-refractivity contribution is 6.31. The summed E-state index contributed by atoms with van der Waals surface area (Å²) in [5.41, 5.74) is 2.64. The molecule has 0 atom stereocenters. The molecule has 0 bridgehead atoms. The molecule has 5 aromatic rings. The summed E-state index contributed by atoms with van der Waals surface area (Å²) < 4.78 is 22.1. The quantitative estimate of drug-likeness (QED) is 0.269. The lowest BCUT2D eigenvalue weighted by Crippen LogP contribution is -2.10. The highest BCUT2D eigenvalue weighted by atomic mass is 35.5. The van der Waals surface area contributed by atoms with Crippen molar-refractivity contribution in [2.75, 3.05) is 19.5 Å². The van der Waals surface area contributed by atoms with Gasteiger partial charge in [-0.15, -0.1) is 0 Å². The van der Waals surface area contributed by atoms with Crippen LogP contribution in [0.15, 0.2) is 69.5 Å². The summed E-state index contributed by atoms with van der Waals surface area (Å²) >= 11 is 6.01. The van der Waals surface area contributed by atoms with Gasteiger partial charge in [-0.1, -0.05) is 11.6 Å². The third-order valence-corrected chi connectivity index (χ3v) is 5.99. The van der Waals surface area contributed by atoms with Gasteiger partial charge in [-0.05, 0) is 61.5 Å². The number of halogens is 1. The summed E-state index contributed by atoms with van der Waals surface area (Å²) in [6.07, 6.45) is 0. The average Bonchev–Trinajstić information content (AvgIpc) is 3.43. The van der Waals surface area contributed by atoms with Crippen LogP contribution in [0.1, 0.15) is 32.2 Å². The van der Waals surface area contributed by atoms with Crippen molar-refractivity contribution in [1.82, 2.24) is 0 Å². The first kappa shape index (κ1) is 22.6. The van der Waals surface area contributed by atoms with Crippen molar-refractivity contribution in [3.05, 3.63) is 88.3 Å². The molecule has 2 heterocycles. The highest BCUT2D eigenvalue weighted by Crippen LogP contribution is 2.32. The molecule has 0 saturated carbocycles. The summed E-state index contributed by atoms with van der Waals surface area (Å²) in [4.78, 5) is 25.9. The van der Waals surface area contributed by atoms with Crippen LogP contribution in [0.4, 0.5) is 5.69 Å². The minimum Gasteiger partial charge on any atom is -0.493 e. The molecule has 8 heteroatoms. The summed E-state index contributed by atoms with van der Waals surface area (Å²) in [5, 5.41) is 4.86. The van der Waals surface area contributed by atoms with Gasteiger partial charge in [0.15, 0.2) is 23.0 Å². The van der Waals surface area contributed by atoms with E-state index in [9.17, 15) is 9.59 Å². The monoisotopic (exact) mass is 489 g/mol. The van der Waals surface area contributed by atoms with E-state index < -0.39 is 5.91 Å². The molecule has 3 aromatic carbocycles. The number of ether oxygens (including phenoxy) is 2. The third-order valence-electron chi connectivity index (χ3n) is 5.75. The Morgan fingerprint density at radius 2 is 1.66 bits per heavy atom. The minimum atomic E-state index is -0.415.